The highest BCUT2D eigenvalue weighted by molar-refractivity contribution is 5.76. The Labute approximate surface area is 135 Å². The molecule has 1 aliphatic heterocycles. The Morgan fingerprint density at radius 1 is 1.30 bits per heavy atom. The third-order valence-electron chi connectivity index (χ3n) is 3.39. The van der Waals surface area contributed by atoms with E-state index in [1.165, 1.54) is 0 Å². The average Bonchev–Trinajstić information content (AvgIpc) is 2.85. The number of benzene rings is 1. The van der Waals surface area contributed by atoms with E-state index in [0.717, 1.165) is 5.56 Å². The van der Waals surface area contributed by atoms with Gasteiger partial charge in [-0.2, -0.15) is 0 Å². The molecule has 3 atom stereocenters. The molecule has 1 fully saturated rings. The molecule has 2 rings (SSSR count). The maximum Gasteiger partial charge on any atom is 0.338 e. The summed E-state index contributed by atoms with van der Waals surface area (Å²) in [6.07, 6.45) is -3.62. The van der Waals surface area contributed by atoms with Gasteiger partial charge in [-0.3, -0.25) is 0 Å². The third kappa shape index (κ3) is 4.99. The van der Waals surface area contributed by atoms with E-state index in [1.54, 1.807) is 20.8 Å². The van der Waals surface area contributed by atoms with Gasteiger partial charge in [0.1, 0.15) is 6.10 Å². The third-order valence-corrected chi connectivity index (χ3v) is 3.39. The molecular weight excluding hydrogens is 303 g/mol. The quantitative estimate of drug-likeness (QED) is 0.721. The zero-order chi connectivity index (χ0) is 16.9. The molecule has 6 heteroatoms. The van der Waals surface area contributed by atoms with Crippen LogP contribution in [0.15, 0.2) is 30.3 Å². The predicted molar refractivity (Wildman–Crippen MR) is 81.5 cm³/mol. The van der Waals surface area contributed by atoms with E-state index in [1.807, 2.05) is 30.3 Å². The maximum atomic E-state index is 14.5. The minimum Gasteiger partial charge on any atom is -0.464 e. The zero-order valence-corrected chi connectivity index (χ0v) is 13.7. The molecule has 128 valence electrons. The molecule has 0 saturated carbocycles. The molecule has 1 heterocycles. The van der Waals surface area contributed by atoms with Gasteiger partial charge < -0.3 is 18.9 Å². The number of ether oxygens (including phenoxy) is 4. The molecule has 0 aromatic heterocycles. The summed E-state index contributed by atoms with van der Waals surface area (Å²) >= 11 is 0. The van der Waals surface area contributed by atoms with Gasteiger partial charge in [-0.25, -0.2) is 9.18 Å². The minimum atomic E-state index is -1.49. The summed E-state index contributed by atoms with van der Waals surface area (Å²) in [5.41, 5.74) is 0.950. The lowest BCUT2D eigenvalue weighted by atomic mass is 10.1. The van der Waals surface area contributed by atoms with Crippen LogP contribution in [0.4, 0.5) is 4.39 Å². The normalized spacial score (nSPS) is 24.3. The summed E-state index contributed by atoms with van der Waals surface area (Å²) in [6.45, 7) is 5.27. The number of halogens is 1. The number of alkyl halides is 1. The largest absolute Gasteiger partial charge is 0.464 e. The van der Waals surface area contributed by atoms with Crippen molar-refractivity contribution >= 4 is 5.97 Å². The number of hydrogen-bond donors (Lipinski definition) is 0. The second-order valence-electron chi connectivity index (χ2n) is 5.79. The van der Waals surface area contributed by atoms with Gasteiger partial charge in [0.25, 0.3) is 0 Å². The Morgan fingerprint density at radius 2 is 2.00 bits per heavy atom. The van der Waals surface area contributed by atoms with Crippen LogP contribution in [0.25, 0.3) is 0 Å². The first-order chi connectivity index (χ1) is 10.9. The fourth-order valence-electron chi connectivity index (χ4n) is 2.42. The van der Waals surface area contributed by atoms with Crippen molar-refractivity contribution < 1.29 is 28.1 Å². The molecule has 5 nitrogen and oxygen atoms in total. The van der Waals surface area contributed by atoms with Gasteiger partial charge in [-0.15, -0.1) is 0 Å². The lowest BCUT2D eigenvalue weighted by Gasteiger charge is -2.20. The number of rotatable bonds is 7. The molecule has 1 aliphatic rings. The molecule has 1 aromatic rings. The van der Waals surface area contributed by atoms with E-state index < -0.39 is 30.1 Å². The Kier molecular flexibility index (Phi) is 6.10. The monoisotopic (exact) mass is 326 g/mol. The number of esters is 1. The van der Waals surface area contributed by atoms with Crippen LogP contribution in [0.3, 0.4) is 0 Å². The van der Waals surface area contributed by atoms with Crippen molar-refractivity contribution in [3.63, 3.8) is 0 Å². The summed E-state index contributed by atoms with van der Waals surface area (Å²) in [4.78, 5) is 11.9. The topological polar surface area (TPSA) is 54.0 Å². The van der Waals surface area contributed by atoms with Crippen LogP contribution >= 0.6 is 0 Å². The Balaban J connectivity index is 1.90. The van der Waals surface area contributed by atoms with Gasteiger partial charge in [0.05, 0.1) is 19.8 Å². The summed E-state index contributed by atoms with van der Waals surface area (Å²) in [7, 11) is 0. The highest BCUT2D eigenvalue weighted by Crippen LogP contribution is 2.32. The number of hydrogen-bond acceptors (Lipinski definition) is 5. The number of carbonyl (C=O) groups is 1. The molecule has 1 aromatic carbocycles. The van der Waals surface area contributed by atoms with Gasteiger partial charge in [-0.05, 0) is 26.3 Å². The second kappa shape index (κ2) is 7.86. The van der Waals surface area contributed by atoms with Crippen molar-refractivity contribution in [3.8, 4) is 0 Å². The van der Waals surface area contributed by atoms with Crippen LogP contribution in [-0.4, -0.2) is 43.3 Å². The standard InChI is InChI=1S/C17H23FO5/c1-4-21-16(19)15-14(22-17(2,3)23-15)13(18)11-20-10-12-8-6-5-7-9-12/h5-9,13-15H,4,10-11H2,1-3H3/t13-,14-,15+/m1/s1. The molecule has 0 amide bonds. The van der Waals surface area contributed by atoms with Crippen molar-refractivity contribution in [2.24, 2.45) is 0 Å². The summed E-state index contributed by atoms with van der Waals surface area (Å²) < 4.78 is 35.8. The van der Waals surface area contributed by atoms with Gasteiger partial charge in [0.2, 0.25) is 0 Å². The van der Waals surface area contributed by atoms with Gasteiger partial charge in [-0.1, -0.05) is 30.3 Å². The van der Waals surface area contributed by atoms with E-state index >= 15 is 0 Å². The van der Waals surface area contributed by atoms with E-state index in [-0.39, 0.29) is 13.2 Å². The zero-order valence-electron chi connectivity index (χ0n) is 13.7. The molecule has 23 heavy (non-hydrogen) atoms. The predicted octanol–water partition coefficient (Wildman–Crippen LogP) is 2.62. The van der Waals surface area contributed by atoms with Crippen molar-refractivity contribution in [2.45, 2.75) is 51.5 Å². The molecule has 0 N–H and O–H groups in total. The fraction of sp³-hybridized carbons (Fsp3) is 0.588. The van der Waals surface area contributed by atoms with Crippen LogP contribution in [0.2, 0.25) is 0 Å². The maximum absolute atomic E-state index is 14.5. The van der Waals surface area contributed by atoms with Crippen LogP contribution in [0.5, 0.6) is 0 Å². The van der Waals surface area contributed by atoms with Crippen molar-refractivity contribution in [2.75, 3.05) is 13.2 Å². The highest BCUT2D eigenvalue weighted by Gasteiger charge is 2.49. The Hall–Kier alpha value is -1.50. The SMILES string of the molecule is CCOC(=O)[C@H]1OC(C)(C)O[C@@H]1[C@H](F)COCc1ccccc1. The average molecular weight is 326 g/mol. The first-order valence-electron chi connectivity index (χ1n) is 7.71. The molecular formula is C17H23FO5. The summed E-state index contributed by atoms with van der Waals surface area (Å²) in [6, 6.07) is 9.47. The van der Waals surface area contributed by atoms with E-state index in [0.29, 0.717) is 6.61 Å². The van der Waals surface area contributed by atoms with Gasteiger partial charge >= 0.3 is 5.97 Å². The van der Waals surface area contributed by atoms with E-state index in [4.69, 9.17) is 18.9 Å². The van der Waals surface area contributed by atoms with Gasteiger partial charge in [0, 0.05) is 0 Å². The molecule has 1 saturated heterocycles. The minimum absolute atomic E-state index is 0.186. The highest BCUT2D eigenvalue weighted by atomic mass is 19.1. The molecule has 0 radical (unpaired) electrons. The van der Waals surface area contributed by atoms with Crippen LogP contribution in [-0.2, 0) is 30.3 Å². The lowest BCUT2D eigenvalue weighted by molar-refractivity contribution is -0.170. The van der Waals surface area contributed by atoms with Crippen molar-refractivity contribution in [3.05, 3.63) is 35.9 Å². The molecule has 0 aliphatic carbocycles. The van der Waals surface area contributed by atoms with Crippen molar-refractivity contribution in [1.29, 1.82) is 0 Å². The Bertz CT molecular complexity index is 505. The molecule has 0 unspecified atom stereocenters. The fourth-order valence-corrected chi connectivity index (χ4v) is 2.42. The summed E-state index contributed by atoms with van der Waals surface area (Å²) in [5.74, 6) is -1.65. The molecule has 0 bridgehead atoms. The van der Waals surface area contributed by atoms with Crippen LogP contribution in [0, 0.1) is 0 Å². The second-order valence-corrected chi connectivity index (χ2v) is 5.79. The first-order valence-corrected chi connectivity index (χ1v) is 7.71. The van der Waals surface area contributed by atoms with Gasteiger partial charge in [0.15, 0.2) is 18.1 Å². The Morgan fingerprint density at radius 3 is 2.65 bits per heavy atom. The molecule has 0 spiro atoms. The summed E-state index contributed by atoms with van der Waals surface area (Å²) in [5, 5.41) is 0. The van der Waals surface area contributed by atoms with E-state index in [9.17, 15) is 9.18 Å². The smallest absolute Gasteiger partial charge is 0.338 e. The lowest BCUT2D eigenvalue weighted by Crippen LogP contribution is -2.41. The number of carbonyl (C=O) groups excluding carboxylic acids is 1. The van der Waals surface area contributed by atoms with Crippen LogP contribution < -0.4 is 0 Å². The van der Waals surface area contributed by atoms with Crippen molar-refractivity contribution in [1.82, 2.24) is 0 Å². The van der Waals surface area contributed by atoms with E-state index in [2.05, 4.69) is 0 Å². The van der Waals surface area contributed by atoms with Crippen LogP contribution in [0.1, 0.15) is 26.3 Å². The first kappa shape index (κ1) is 17.8.